The normalized spacial score (nSPS) is 19.3. The zero-order chi connectivity index (χ0) is 33.1. The first-order valence-electron chi connectivity index (χ1n) is 16.8. The smallest absolute Gasteiger partial charge is 0.243 e. The number of allylic oxidation sites excluding steroid dienone is 1. The van der Waals surface area contributed by atoms with E-state index >= 15 is 0 Å². The topological polar surface area (TPSA) is 41.9 Å². The van der Waals surface area contributed by atoms with Gasteiger partial charge in [0.2, 0.25) is 5.91 Å². The lowest BCUT2D eigenvalue weighted by atomic mass is 9.76. The van der Waals surface area contributed by atoms with Crippen LogP contribution in [0.15, 0.2) is 77.4 Å². The van der Waals surface area contributed by atoms with E-state index in [0.717, 1.165) is 54.7 Å². The summed E-state index contributed by atoms with van der Waals surface area (Å²) in [6.45, 7) is 14.1. The molecule has 0 N–H and O–H groups in total. The number of carbonyl (C=O) groups excluding carboxylic acids is 1. The maximum Gasteiger partial charge on any atom is 0.243 e. The predicted octanol–water partition coefficient (Wildman–Crippen LogP) is 11.4. The lowest BCUT2D eigenvalue weighted by molar-refractivity contribution is -0.133. The minimum atomic E-state index is -0.151. The van der Waals surface area contributed by atoms with Gasteiger partial charge in [0.05, 0.1) is 18.4 Å². The Labute approximate surface area is 285 Å². The van der Waals surface area contributed by atoms with Crippen LogP contribution in [0.4, 0.5) is 0 Å². The number of hydrogen-bond acceptors (Lipinski definition) is 3. The van der Waals surface area contributed by atoms with E-state index in [-0.39, 0.29) is 28.7 Å². The van der Waals surface area contributed by atoms with E-state index in [4.69, 9.17) is 33.0 Å². The number of rotatable bonds is 11. The fourth-order valence-electron chi connectivity index (χ4n) is 6.36. The molecule has 4 nitrogen and oxygen atoms in total. The quantitative estimate of drug-likeness (QED) is 0.192. The van der Waals surface area contributed by atoms with Crippen molar-refractivity contribution >= 4 is 40.9 Å². The maximum absolute atomic E-state index is 13.9. The van der Waals surface area contributed by atoms with Crippen molar-refractivity contribution < 1.29 is 9.53 Å². The van der Waals surface area contributed by atoms with E-state index in [0.29, 0.717) is 29.5 Å². The number of benzene rings is 3. The molecule has 0 aromatic heterocycles. The highest BCUT2D eigenvalue weighted by atomic mass is 35.5. The van der Waals surface area contributed by atoms with Gasteiger partial charge in [-0.15, -0.1) is 0 Å². The molecule has 3 aromatic carbocycles. The zero-order valence-corrected chi connectivity index (χ0v) is 29.7. The van der Waals surface area contributed by atoms with Crippen LogP contribution in [0.2, 0.25) is 10.0 Å². The van der Waals surface area contributed by atoms with Crippen LogP contribution in [0.25, 0.3) is 6.08 Å². The van der Waals surface area contributed by atoms with Crippen molar-refractivity contribution in [2.75, 3.05) is 6.61 Å². The average Bonchev–Trinajstić information content (AvgIpc) is 3.45. The maximum atomic E-state index is 13.9. The Bertz CT molecular complexity index is 1550. The highest BCUT2D eigenvalue weighted by molar-refractivity contribution is 6.30. The van der Waals surface area contributed by atoms with Crippen molar-refractivity contribution in [3.05, 3.63) is 105 Å². The molecular weight excluding hydrogens is 611 g/mol. The number of ether oxygens (including phenoxy) is 1. The van der Waals surface area contributed by atoms with E-state index in [9.17, 15) is 4.79 Å². The van der Waals surface area contributed by atoms with Crippen molar-refractivity contribution in [1.29, 1.82) is 0 Å². The summed E-state index contributed by atoms with van der Waals surface area (Å²) in [6, 6.07) is 22.3. The van der Waals surface area contributed by atoms with Crippen LogP contribution in [0, 0.1) is 5.92 Å². The molecule has 2 atom stereocenters. The minimum absolute atomic E-state index is 0.0185. The van der Waals surface area contributed by atoms with Gasteiger partial charge in [0.15, 0.2) is 0 Å². The molecule has 46 heavy (non-hydrogen) atoms. The molecule has 6 heteroatoms. The molecule has 0 spiro atoms. The molecule has 1 aliphatic carbocycles. The first-order chi connectivity index (χ1) is 21.9. The van der Waals surface area contributed by atoms with Crippen molar-refractivity contribution in [3.8, 4) is 5.75 Å². The fraction of sp³-hybridized carbons (Fsp3) is 0.450. The summed E-state index contributed by atoms with van der Waals surface area (Å²) in [5, 5.41) is 8.20. The largest absolute Gasteiger partial charge is 0.494 e. The van der Waals surface area contributed by atoms with Crippen LogP contribution >= 0.6 is 23.2 Å². The van der Waals surface area contributed by atoms with E-state index < -0.39 is 0 Å². The van der Waals surface area contributed by atoms with Gasteiger partial charge in [-0.05, 0) is 120 Å². The second-order valence-electron chi connectivity index (χ2n) is 14.1. The molecule has 1 fully saturated rings. The second-order valence-corrected chi connectivity index (χ2v) is 15.0. The van der Waals surface area contributed by atoms with Crippen LogP contribution in [0.3, 0.4) is 0 Å². The zero-order valence-electron chi connectivity index (χ0n) is 28.2. The number of carbonyl (C=O) groups is 1. The molecule has 1 heterocycles. The van der Waals surface area contributed by atoms with E-state index in [1.807, 2.05) is 48.5 Å². The Morgan fingerprint density at radius 1 is 0.913 bits per heavy atom. The second kappa shape index (κ2) is 14.4. The standard InChI is InChI=1S/C40H48Cl2N2O2/c1-7-39(3,4)30-24-31(40(5,6)8-2)26-34(25-30)46-22-10-13-36(45)44-38(28-16-20-33(42)21-17-28)35-12-9-11-29(37(35)43-44)23-27-14-18-32(41)19-15-27/h14-21,23-26,35,38H,7-13,22H2,1-6H3/b29-23-/t35-,38-/m1/s1. The van der Waals surface area contributed by atoms with Crippen molar-refractivity contribution in [2.24, 2.45) is 11.0 Å². The van der Waals surface area contributed by atoms with Gasteiger partial charge in [-0.25, -0.2) is 5.01 Å². The van der Waals surface area contributed by atoms with Gasteiger partial charge in [-0.2, -0.15) is 5.10 Å². The van der Waals surface area contributed by atoms with Gasteiger partial charge in [-0.1, -0.05) is 95.1 Å². The van der Waals surface area contributed by atoms with Crippen molar-refractivity contribution in [1.82, 2.24) is 5.01 Å². The summed E-state index contributed by atoms with van der Waals surface area (Å²) >= 11 is 12.4. The molecule has 1 aliphatic heterocycles. The number of fused-ring (bicyclic) bond motifs is 1. The third-order valence-electron chi connectivity index (χ3n) is 10.2. The molecule has 0 radical (unpaired) electrons. The summed E-state index contributed by atoms with van der Waals surface area (Å²) in [6.07, 6.45) is 8.22. The number of hydrazone groups is 1. The van der Waals surface area contributed by atoms with E-state index in [1.165, 1.54) is 16.7 Å². The van der Waals surface area contributed by atoms with Crippen molar-refractivity contribution in [2.45, 2.75) is 103 Å². The van der Waals surface area contributed by atoms with Crippen LogP contribution in [0.1, 0.15) is 115 Å². The fourth-order valence-corrected chi connectivity index (χ4v) is 6.61. The number of nitrogens with zero attached hydrogens (tertiary/aromatic N) is 2. The van der Waals surface area contributed by atoms with Crippen LogP contribution < -0.4 is 4.74 Å². The molecule has 1 saturated carbocycles. The molecule has 0 saturated heterocycles. The lowest BCUT2D eigenvalue weighted by Crippen LogP contribution is -2.32. The third-order valence-corrected chi connectivity index (χ3v) is 10.7. The van der Waals surface area contributed by atoms with Gasteiger partial charge >= 0.3 is 0 Å². The van der Waals surface area contributed by atoms with Gasteiger partial charge in [0.25, 0.3) is 0 Å². The molecule has 2 aliphatic rings. The summed E-state index contributed by atoms with van der Waals surface area (Å²) in [4.78, 5) is 13.9. The number of halogens is 2. The lowest BCUT2D eigenvalue weighted by Gasteiger charge is -2.30. The Balaban J connectivity index is 1.34. The Kier molecular flexibility index (Phi) is 10.7. The summed E-state index contributed by atoms with van der Waals surface area (Å²) in [5.74, 6) is 1.04. The van der Waals surface area contributed by atoms with Crippen molar-refractivity contribution in [3.63, 3.8) is 0 Å². The molecule has 0 unspecified atom stereocenters. The molecular formula is C40H48Cl2N2O2. The third kappa shape index (κ3) is 7.72. The molecule has 244 valence electrons. The average molecular weight is 660 g/mol. The highest BCUT2D eigenvalue weighted by Gasteiger charge is 2.43. The summed E-state index contributed by atoms with van der Waals surface area (Å²) in [5.41, 5.74) is 7.06. The molecule has 1 amide bonds. The molecule has 3 aromatic rings. The molecule has 5 rings (SSSR count). The van der Waals surface area contributed by atoms with Gasteiger partial charge < -0.3 is 4.74 Å². The van der Waals surface area contributed by atoms with Gasteiger partial charge in [-0.3, -0.25) is 4.79 Å². The Morgan fingerprint density at radius 3 is 2.09 bits per heavy atom. The van der Waals surface area contributed by atoms with Gasteiger partial charge in [0.1, 0.15) is 5.75 Å². The first kappa shape index (κ1) is 34.3. The Hall–Kier alpha value is -3.08. The monoisotopic (exact) mass is 658 g/mol. The van der Waals surface area contributed by atoms with Crippen LogP contribution in [-0.4, -0.2) is 23.2 Å². The van der Waals surface area contributed by atoms with E-state index in [1.54, 1.807) is 5.01 Å². The Morgan fingerprint density at radius 2 is 1.50 bits per heavy atom. The summed E-state index contributed by atoms with van der Waals surface area (Å²) < 4.78 is 6.35. The highest BCUT2D eigenvalue weighted by Crippen LogP contribution is 2.45. The number of hydrogen-bond donors (Lipinski definition) is 0. The van der Waals surface area contributed by atoms with Crippen LogP contribution in [0.5, 0.6) is 5.75 Å². The van der Waals surface area contributed by atoms with Crippen LogP contribution in [-0.2, 0) is 15.6 Å². The molecule has 0 bridgehead atoms. The SMILES string of the molecule is CCC(C)(C)c1cc(OCCCC(=O)N2N=C3/C(=C\c4ccc(Cl)cc4)CCC[C@H]3[C@H]2c2ccc(Cl)cc2)cc(C(C)(C)CC)c1. The summed E-state index contributed by atoms with van der Waals surface area (Å²) in [7, 11) is 0. The first-order valence-corrected chi connectivity index (χ1v) is 17.6. The predicted molar refractivity (Wildman–Crippen MR) is 193 cm³/mol. The van der Waals surface area contributed by atoms with Gasteiger partial charge in [0, 0.05) is 22.4 Å². The minimum Gasteiger partial charge on any atom is -0.494 e. The number of amides is 1. The van der Waals surface area contributed by atoms with E-state index in [2.05, 4.69) is 65.8 Å².